The van der Waals surface area contributed by atoms with Gasteiger partial charge in [0.2, 0.25) is 0 Å². The van der Waals surface area contributed by atoms with Crippen LogP contribution in [0.15, 0.2) is 47.3 Å². The Balaban J connectivity index is 0.764. The second kappa shape index (κ2) is 15.5. The van der Waals surface area contributed by atoms with E-state index >= 15 is 4.39 Å². The van der Waals surface area contributed by atoms with E-state index < -0.39 is 35.1 Å². The van der Waals surface area contributed by atoms with Crippen LogP contribution in [0.2, 0.25) is 0 Å². The minimum atomic E-state index is -1.99. The number of likely N-dealkylation sites (tertiary alicyclic amines) is 1. The molecule has 4 aliphatic heterocycles. The number of carbonyl (C=O) groups excluding carboxylic acids is 3. The number of cyclic esters (lactones) is 1. The van der Waals surface area contributed by atoms with E-state index in [-0.39, 0.29) is 59.9 Å². The molecule has 11 rings (SSSR count). The predicted octanol–water partition coefficient (Wildman–Crippen LogP) is 6.77. The molecule has 340 valence electrons. The standard InChI is InChI=1S/C50H50FN7O8/c1-5-50(64)35-16-40-45-33(22-58(40)47(61)34(35)23-65-48(50)62)43-37(9-8-30-25(4)36(51)17-39(52-45)42(30)43)53-49(63)66-29-10-12-56(13-11-29)19-26-6-7-27-20-57(21-28(27)14-26)46(60)32-15-31-38(18-41(32)59)54-55-44(31)24(2)3/h6-7,14-18,24,29,37,59,64H,5,8-13,19-23H2,1-4H3,(H,53,63)(H,54,55)/t37-,50+/m1/s1. The highest BCUT2D eigenvalue weighted by Crippen LogP contribution is 2.46. The van der Waals surface area contributed by atoms with Gasteiger partial charge in [0.15, 0.2) is 5.60 Å². The lowest BCUT2D eigenvalue weighted by atomic mass is 9.81. The first-order chi connectivity index (χ1) is 31.7. The highest BCUT2D eigenvalue weighted by Gasteiger charge is 2.46. The van der Waals surface area contributed by atoms with Crippen molar-refractivity contribution < 1.29 is 38.5 Å². The van der Waals surface area contributed by atoms with Crippen LogP contribution in [-0.2, 0) is 59.1 Å². The van der Waals surface area contributed by atoms with Gasteiger partial charge in [-0.3, -0.25) is 19.6 Å². The molecule has 0 radical (unpaired) electrons. The molecule has 3 aromatic carbocycles. The highest BCUT2D eigenvalue weighted by molar-refractivity contribution is 6.01. The number of fused-ring (bicyclic) bond motifs is 7. The number of rotatable bonds is 7. The van der Waals surface area contributed by atoms with E-state index in [1.54, 1.807) is 41.5 Å². The fourth-order valence-corrected chi connectivity index (χ4v) is 11.0. The van der Waals surface area contributed by atoms with Gasteiger partial charge in [-0.2, -0.15) is 5.10 Å². The maximum atomic E-state index is 15.4. The Labute approximate surface area is 378 Å². The van der Waals surface area contributed by atoms with E-state index in [9.17, 15) is 29.4 Å². The summed E-state index contributed by atoms with van der Waals surface area (Å²) in [4.78, 5) is 63.3. The Hall–Kier alpha value is -6.65. The fourth-order valence-electron chi connectivity index (χ4n) is 11.0. The largest absolute Gasteiger partial charge is 0.507 e. The number of aromatic nitrogens is 4. The maximum absolute atomic E-state index is 15.4. The Morgan fingerprint density at radius 2 is 1.80 bits per heavy atom. The van der Waals surface area contributed by atoms with E-state index in [2.05, 4.69) is 52.5 Å². The molecular weight excluding hydrogens is 846 g/mol. The van der Waals surface area contributed by atoms with Crippen molar-refractivity contribution in [1.82, 2.24) is 34.9 Å². The Morgan fingerprint density at radius 1 is 1.02 bits per heavy atom. The lowest BCUT2D eigenvalue weighted by Crippen LogP contribution is -2.44. The van der Waals surface area contributed by atoms with Gasteiger partial charge in [-0.15, -0.1) is 0 Å². The zero-order valence-electron chi connectivity index (χ0n) is 37.2. The first-order valence-electron chi connectivity index (χ1n) is 22.8. The minimum absolute atomic E-state index is 0.00384. The molecule has 0 spiro atoms. The molecule has 0 unspecified atom stereocenters. The summed E-state index contributed by atoms with van der Waals surface area (Å²) in [6.45, 7) is 10.4. The average Bonchev–Trinajstić information content (AvgIpc) is 4.03. The van der Waals surface area contributed by atoms with Gasteiger partial charge in [0, 0.05) is 72.4 Å². The summed E-state index contributed by atoms with van der Waals surface area (Å²) in [6.07, 6.45) is 1.41. The Kier molecular flexibility index (Phi) is 9.85. The molecule has 6 aromatic rings. The number of phenols is 1. The minimum Gasteiger partial charge on any atom is -0.507 e. The van der Waals surface area contributed by atoms with Crippen LogP contribution in [0.4, 0.5) is 9.18 Å². The van der Waals surface area contributed by atoms with E-state index in [0.29, 0.717) is 86.4 Å². The highest BCUT2D eigenvalue weighted by atomic mass is 19.1. The van der Waals surface area contributed by atoms with E-state index in [1.807, 2.05) is 0 Å². The number of aliphatic hydroxyl groups is 1. The number of pyridine rings is 2. The van der Waals surface area contributed by atoms with Crippen LogP contribution >= 0.6 is 0 Å². The number of ether oxygens (including phenoxy) is 2. The van der Waals surface area contributed by atoms with Crippen LogP contribution in [0.3, 0.4) is 0 Å². The first kappa shape index (κ1) is 42.0. The van der Waals surface area contributed by atoms with Crippen LogP contribution in [0, 0.1) is 12.7 Å². The van der Waals surface area contributed by atoms with Crippen molar-refractivity contribution in [2.75, 3.05) is 13.1 Å². The number of esters is 1. The zero-order valence-corrected chi connectivity index (χ0v) is 37.2. The number of piperidine rings is 1. The lowest BCUT2D eigenvalue weighted by Gasteiger charge is -2.33. The van der Waals surface area contributed by atoms with E-state index in [0.717, 1.165) is 49.8 Å². The average molecular weight is 896 g/mol. The topological polar surface area (TPSA) is 192 Å². The van der Waals surface area contributed by atoms with Crippen molar-refractivity contribution in [2.24, 2.45) is 0 Å². The zero-order chi connectivity index (χ0) is 45.9. The molecule has 0 bridgehead atoms. The van der Waals surface area contributed by atoms with Crippen molar-refractivity contribution in [3.8, 4) is 17.1 Å². The molecule has 5 aliphatic rings. The number of halogens is 1. The van der Waals surface area contributed by atoms with Gasteiger partial charge in [0.1, 0.15) is 24.3 Å². The van der Waals surface area contributed by atoms with Gasteiger partial charge < -0.3 is 34.5 Å². The number of H-pyrrole nitrogens is 1. The summed E-state index contributed by atoms with van der Waals surface area (Å²) in [7, 11) is 0. The Bertz CT molecular complexity index is 3150. The van der Waals surface area contributed by atoms with Gasteiger partial charge in [0.25, 0.3) is 11.5 Å². The van der Waals surface area contributed by atoms with Crippen molar-refractivity contribution in [2.45, 2.75) is 116 Å². The molecule has 66 heavy (non-hydrogen) atoms. The summed E-state index contributed by atoms with van der Waals surface area (Å²) in [5.41, 5.74) is 7.16. The van der Waals surface area contributed by atoms with Crippen molar-refractivity contribution in [3.05, 3.63) is 120 Å². The quantitative estimate of drug-likeness (QED) is 0.124. The molecule has 1 fully saturated rings. The van der Waals surface area contributed by atoms with Crippen LogP contribution < -0.4 is 10.9 Å². The second-order valence-corrected chi connectivity index (χ2v) is 18.9. The number of hydrogen-bond acceptors (Lipinski definition) is 11. The molecule has 7 heterocycles. The number of carbonyl (C=O) groups is 3. The van der Waals surface area contributed by atoms with Gasteiger partial charge in [-0.25, -0.2) is 19.0 Å². The molecule has 4 N–H and O–H groups in total. The van der Waals surface area contributed by atoms with Gasteiger partial charge in [-0.05, 0) is 90.5 Å². The molecule has 2 amide bonds. The van der Waals surface area contributed by atoms with Crippen LogP contribution in [0.25, 0.3) is 33.2 Å². The monoisotopic (exact) mass is 895 g/mol. The molecular formula is C50H50FN7O8. The summed E-state index contributed by atoms with van der Waals surface area (Å²) < 4.78 is 28.3. The lowest BCUT2D eigenvalue weighted by molar-refractivity contribution is -0.172. The van der Waals surface area contributed by atoms with Crippen molar-refractivity contribution in [3.63, 3.8) is 0 Å². The number of aromatic amines is 1. The summed E-state index contributed by atoms with van der Waals surface area (Å²) in [6, 6.07) is 12.1. The molecule has 16 heteroatoms. The number of alkyl carbamates (subject to hydrolysis) is 1. The third-order valence-corrected chi connectivity index (χ3v) is 14.7. The summed E-state index contributed by atoms with van der Waals surface area (Å²) >= 11 is 0. The number of nitrogens with zero attached hydrogens (tertiary/aromatic N) is 5. The van der Waals surface area contributed by atoms with Crippen molar-refractivity contribution in [1.29, 1.82) is 0 Å². The number of hydrogen-bond donors (Lipinski definition) is 4. The van der Waals surface area contributed by atoms with Crippen molar-refractivity contribution >= 4 is 39.8 Å². The number of benzene rings is 3. The summed E-state index contributed by atoms with van der Waals surface area (Å²) in [5.74, 6) is -1.35. The molecule has 1 aliphatic carbocycles. The predicted molar refractivity (Wildman–Crippen MR) is 240 cm³/mol. The number of nitrogens with one attached hydrogen (secondary N) is 2. The smallest absolute Gasteiger partial charge is 0.407 e. The molecule has 0 saturated carbocycles. The third-order valence-electron chi connectivity index (χ3n) is 14.7. The van der Waals surface area contributed by atoms with Gasteiger partial charge in [-0.1, -0.05) is 39.0 Å². The Morgan fingerprint density at radius 3 is 2.58 bits per heavy atom. The fraction of sp³-hybridized carbons (Fsp3) is 0.400. The first-order valence-corrected chi connectivity index (χ1v) is 22.8. The number of amides is 2. The SMILES string of the molecule is CC[C@@]1(O)C(=O)OCc2c1cc1n(c2=O)Cc2c-1nc1cc(F)c(C)c3c1c2[C@H](NC(=O)OC1CCN(Cc2ccc4c(c2)CN(C(=O)c2cc5c(C(C)C)[nH]nc5cc2O)C4)CC1)CC3. The second-order valence-electron chi connectivity index (χ2n) is 18.9. The molecule has 3 aromatic heterocycles. The third kappa shape index (κ3) is 6.58. The number of aromatic hydroxyl groups is 1. The number of aryl methyl sites for hydroxylation is 1. The van der Waals surface area contributed by atoms with E-state index in [4.69, 9.17) is 14.5 Å². The van der Waals surface area contributed by atoms with E-state index in [1.165, 1.54) is 6.07 Å². The van der Waals surface area contributed by atoms with Crippen LogP contribution in [-0.4, -0.2) is 76.9 Å². The van der Waals surface area contributed by atoms with Crippen LogP contribution in [0.1, 0.15) is 125 Å². The summed E-state index contributed by atoms with van der Waals surface area (Å²) in [5, 5.41) is 34.2. The van der Waals surface area contributed by atoms with Gasteiger partial charge >= 0.3 is 12.1 Å². The number of phenolic OH excluding ortho intramolecular Hbond substituents is 1. The molecule has 15 nitrogen and oxygen atoms in total. The van der Waals surface area contributed by atoms with Gasteiger partial charge in [0.05, 0.1) is 46.1 Å². The normalized spacial score (nSPS) is 20.1. The maximum Gasteiger partial charge on any atom is 0.407 e. The molecule has 2 atom stereocenters. The van der Waals surface area contributed by atoms with Crippen LogP contribution in [0.5, 0.6) is 5.75 Å². The molecule has 1 saturated heterocycles.